The third-order valence-electron chi connectivity index (χ3n) is 4.19. The zero-order valence-electron chi connectivity index (χ0n) is 17.0. The molecule has 1 N–H and O–H groups in total. The van der Waals surface area contributed by atoms with Gasteiger partial charge < -0.3 is 19.5 Å². The Hall–Kier alpha value is -3.87. The molecule has 0 radical (unpaired) electrons. The molecule has 0 aliphatic carbocycles. The number of carbonyl (C=O) groups is 2. The Morgan fingerprint density at radius 1 is 0.903 bits per heavy atom. The summed E-state index contributed by atoms with van der Waals surface area (Å²) in [4.78, 5) is 24.5. The van der Waals surface area contributed by atoms with E-state index in [1.165, 1.54) is 24.3 Å². The minimum atomic E-state index is -0.599. The van der Waals surface area contributed by atoms with Crippen LogP contribution in [0.15, 0.2) is 72.8 Å². The number of carbonyl (C=O) groups excluding carboxylic acids is 2. The second-order valence-electron chi connectivity index (χ2n) is 6.61. The number of amides is 1. The van der Waals surface area contributed by atoms with Crippen LogP contribution in [-0.4, -0.2) is 31.7 Å². The van der Waals surface area contributed by atoms with Crippen LogP contribution >= 0.6 is 0 Å². The third-order valence-corrected chi connectivity index (χ3v) is 4.19. The highest BCUT2D eigenvalue weighted by Crippen LogP contribution is 2.20. The van der Waals surface area contributed by atoms with Gasteiger partial charge in [-0.05, 0) is 48.9 Å². The maximum Gasteiger partial charge on any atom is 0.342 e. The lowest BCUT2D eigenvalue weighted by molar-refractivity contribution is -0.118. The summed E-state index contributed by atoms with van der Waals surface area (Å²) in [6.45, 7) is 1.81. The summed E-state index contributed by atoms with van der Waals surface area (Å²) in [5.74, 6) is -0.818. The van der Waals surface area contributed by atoms with Gasteiger partial charge in [-0.3, -0.25) is 4.79 Å². The average molecular weight is 423 g/mol. The first-order chi connectivity index (χ1) is 15.0. The molecule has 0 unspecified atom stereocenters. The molecule has 3 aromatic carbocycles. The highest BCUT2D eigenvalue weighted by molar-refractivity contribution is 5.94. The molecule has 0 saturated carbocycles. The van der Waals surface area contributed by atoms with Gasteiger partial charge in [-0.15, -0.1) is 0 Å². The first kappa shape index (κ1) is 21.8. The summed E-state index contributed by atoms with van der Waals surface area (Å²) < 4.78 is 29.9. The van der Waals surface area contributed by atoms with E-state index in [9.17, 15) is 14.0 Å². The van der Waals surface area contributed by atoms with Crippen LogP contribution in [0, 0.1) is 12.7 Å². The number of esters is 1. The molecule has 31 heavy (non-hydrogen) atoms. The van der Waals surface area contributed by atoms with Crippen molar-refractivity contribution in [3.63, 3.8) is 0 Å². The van der Waals surface area contributed by atoms with E-state index >= 15 is 0 Å². The van der Waals surface area contributed by atoms with Gasteiger partial charge in [-0.25, -0.2) is 9.18 Å². The standard InChI is InChI=1S/C24H22FNO5/c1-17-7-6-8-18(15-17)29-13-14-30-24(28)19-9-2-5-12-22(19)31-16-23(27)26-21-11-4-3-10-20(21)25/h2-12,15H,13-14,16H2,1H3,(H,26,27). The lowest BCUT2D eigenvalue weighted by Gasteiger charge is -2.12. The number of benzene rings is 3. The number of para-hydroxylation sites is 2. The molecule has 0 bridgehead atoms. The van der Waals surface area contributed by atoms with Crippen LogP contribution in [0.5, 0.6) is 11.5 Å². The minimum absolute atomic E-state index is 0.0505. The molecule has 0 fully saturated rings. The van der Waals surface area contributed by atoms with Crippen LogP contribution in [0.4, 0.5) is 10.1 Å². The van der Waals surface area contributed by atoms with Gasteiger partial charge in [0.1, 0.15) is 36.1 Å². The normalized spacial score (nSPS) is 10.3. The second-order valence-corrected chi connectivity index (χ2v) is 6.61. The van der Waals surface area contributed by atoms with Crippen LogP contribution in [0.3, 0.4) is 0 Å². The summed E-state index contributed by atoms with van der Waals surface area (Å²) in [5, 5.41) is 2.42. The minimum Gasteiger partial charge on any atom is -0.490 e. The Bertz CT molecular complexity index is 1050. The number of hydrogen-bond acceptors (Lipinski definition) is 5. The highest BCUT2D eigenvalue weighted by Gasteiger charge is 2.15. The van der Waals surface area contributed by atoms with Crippen molar-refractivity contribution in [1.82, 2.24) is 0 Å². The van der Waals surface area contributed by atoms with Crippen molar-refractivity contribution >= 4 is 17.6 Å². The smallest absolute Gasteiger partial charge is 0.342 e. The number of rotatable bonds is 9. The largest absolute Gasteiger partial charge is 0.490 e. The van der Waals surface area contributed by atoms with Gasteiger partial charge in [0.05, 0.1) is 5.69 Å². The van der Waals surface area contributed by atoms with Crippen molar-refractivity contribution in [3.8, 4) is 11.5 Å². The van der Waals surface area contributed by atoms with E-state index in [0.29, 0.717) is 5.75 Å². The lowest BCUT2D eigenvalue weighted by atomic mass is 10.2. The first-order valence-electron chi connectivity index (χ1n) is 9.66. The Labute approximate surface area is 179 Å². The van der Waals surface area contributed by atoms with Crippen LogP contribution < -0.4 is 14.8 Å². The average Bonchev–Trinajstić information content (AvgIpc) is 2.77. The molecule has 0 aliphatic heterocycles. The molecule has 0 aromatic heterocycles. The van der Waals surface area contributed by atoms with Gasteiger partial charge >= 0.3 is 5.97 Å². The predicted molar refractivity (Wildman–Crippen MR) is 114 cm³/mol. The molecule has 0 atom stereocenters. The molecule has 1 amide bonds. The van der Waals surface area contributed by atoms with Crippen LogP contribution in [0.25, 0.3) is 0 Å². The number of anilines is 1. The maximum atomic E-state index is 13.6. The van der Waals surface area contributed by atoms with Gasteiger partial charge in [-0.1, -0.05) is 36.4 Å². The zero-order valence-corrected chi connectivity index (χ0v) is 17.0. The second kappa shape index (κ2) is 10.8. The van der Waals surface area contributed by atoms with Crippen molar-refractivity contribution < 1.29 is 28.2 Å². The lowest BCUT2D eigenvalue weighted by Crippen LogP contribution is -2.21. The van der Waals surface area contributed by atoms with Crippen LogP contribution in [0.1, 0.15) is 15.9 Å². The molecule has 7 heteroatoms. The molecule has 0 aliphatic rings. The Morgan fingerprint density at radius 3 is 2.48 bits per heavy atom. The number of nitrogens with one attached hydrogen (secondary N) is 1. The van der Waals surface area contributed by atoms with Crippen molar-refractivity contribution in [3.05, 3.63) is 89.7 Å². The summed E-state index contributed by atoms with van der Waals surface area (Å²) in [5.41, 5.74) is 1.30. The number of ether oxygens (including phenoxy) is 3. The summed E-state index contributed by atoms with van der Waals surface area (Å²) >= 11 is 0. The molecule has 0 saturated heterocycles. The van der Waals surface area contributed by atoms with Gasteiger partial charge in [0.25, 0.3) is 5.91 Å². The predicted octanol–water partition coefficient (Wildman–Crippen LogP) is 4.39. The number of halogens is 1. The quantitative estimate of drug-likeness (QED) is 0.408. The third kappa shape index (κ3) is 6.57. The molecular weight excluding hydrogens is 401 g/mol. The van der Waals surface area contributed by atoms with Gasteiger partial charge in [0.2, 0.25) is 0 Å². The monoisotopic (exact) mass is 423 g/mol. The molecular formula is C24H22FNO5. The first-order valence-corrected chi connectivity index (χ1v) is 9.66. The number of aryl methyl sites for hydroxylation is 1. The van der Waals surface area contributed by atoms with E-state index < -0.39 is 24.3 Å². The van der Waals surface area contributed by atoms with Crippen molar-refractivity contribution in [1.29, 1.82) is 0 Å². The molecule has 0 heterocycles. The van der Waals surface area contributed by atoms with E-state index in [1.807, 2.05) is 31.2 Å². The van der Waals surface area contributed by atoms with Crippen molar-refractivity contribution in [2.45, 2.75) is 6.92 Å². The van der Waals surface area contributed by atoms with Crippen LogP contribution in [0.2, 0.25) is 0 Å². The Kier molecular flexibility index (Phi) is 7.59. The van der Waals surface area contributed by atoms with E-state index in [0.717, 1.165) is 5.56 Å². The summed E-state index contributed by atoms with van der Waals surface area (Å²) in [6.07, 6.45) is 0. The van der Waals surface area contributed by atoms with E-state index in [-0.39, 0.29) is 30.2 Å². The SMILES string of the molecule is Cc1cccc(OCCOC(=O)c2ccccc2OCC(=O)Nc2ccccc2F)c1. The maximum absolute atomic E-state index is 13.6. The van der Waals surface area contributed by atoms with Crippen LogP contribution in [-0.2, 0) is 9.53 Å². The summed E-state index contributed by atoms with van der Waals surface area (Å²) in [7, 11) is 0. The van der Waals surface area contributed by atoms with E-state index in [4.69, 9.17) is 14.2 Å². The van der Waals surface area contributed by atoms with Crippen molar-refractivity contribution in [2.75, 3.05) is 25.1 Å². The van der Waals surface area contributed by atoms with Gasteiger partial charge in [0.15, 0.2) is 6.61 Å². The summed E-state index contributed by atoms with van der Waals surface area (Å²) in [6, 6.07) is 19.8. The van der Waals surface area contributed by atoms with Gasteiger partial charge in [-0.2, -0.15) is 0 Å². The Balaban J connectivity index is 1.50. The number of hydrogen-bond donors (Lipinski definition) is 1. The highest BCUT2D eigenvalue weighted by atomic mass is 19.1. The Morgan fingerprint density at radius 2 is 1.68 bits per heavy atom. The fourth-order valence-electron chi connectivity index (χ4n) is 2.73. The molecule has 0 spiro atoms. The topological polar surface area (TPSA) is 73.9 Å². The molecule has 160 valence electrons. The van der Waals surface area contributed by atoms with E-state index in [1.54, 1.807) is 24.3 Å². The van der Waals surface area contributed by atoms with Gasteiger partial charge in [0, 0.05) is 0 Å². The molecule has 3 rings (SSSR count). The van der Waals surface area contributed by atoms with E-state index in [2.05, 4.69) is 5.32 Å². The molecule has 6 nitrogen and oxygen atoms in total. The zero-order chi connectivity index (χ0) is 22.1. The molecule has 3 aromatic rings. The van der Waals surface area contributed by atoms with Crippen molar-refractivity contribution in [2.24, 2.45) is 0 Å². The fraction of sp³-hybridized carbons (Fsp3) is 0.167. The fourth-order valence-corrected chi connectivity index (χ4v) is 2.73.